The van der Waals surface area contributed by atoms with E-state index in [1.54, 1.807) is 0 Å². The van der Waals surface area contributed by atoms with Gasteiger partial charge in [0.15, 0.2) is 0 Å². The molecular formula is C7H5F2O. The standard InChI is InChI=1S/C7H5F2O/c8-7(9)10-6-4-2-1-3-5-6/h1-2,4-5,7H/i4D. The monoisotopic (exact) mass is 144 g/mol. The first kappa shape index (κ1) is 5.65. The minimum Gasteiger partial charge on any atom is -0.435 e. The molecule has 0 aliphatic carbocycles. The molecule has 0 saturated heterocycles. The van der Waals surface area contributed by atoms with Crippen LogP contribution in [0.3, 0.4) is 0 Å². The van der Waals surface area contributed by atoms with E-state index in [1.165, 1.54) is 18.2 Å². The average Bonchev–Trinajstić information content (AvgIpc) is 1.93. The third-order valence-corrected chi connectivity index (χ3v) is 0.836. The van der Waals surface area contributed by atoms with Gasteiger partial charge < -0.3 is 4.74 Å². The van der Waals surface area contributed by atoms with Crippen LogP contribution in [0.1, 0.15) is 1.37 Å². The van der Waals surface area contributed by atoms with E-state index in [0.717, 1.165) is 0 Å². The predicted octanol–water partition coefficient (Wildman–Crippen LogP) is 2.09. The minimum absolute atomic E-state index is 0.0657. The fourth-order valence-corrected chi connectivity index (χ4v) is 0.501. The Labute approximate surface area is 58.6 Å². The Balaban J connectivity index is 2.78. The van der Waals surface area contributed by atoms with Crippen molar-refractivity contribution in [1.29, 1.82) is 0 Å². The Morgan fingerprint density at radius 2 is 2.50 bits per heavy atom. The number of ether oxygens (including phenoxy) is 1. The number of alkyl halides is 2. The Bertz CT molecular complexity index is 240. The van der Waals surface area contributed by atoms with E-state index in [2.05, 4.69) is 10.8 Å². The van der Waals surface area contributed by atoms with E-state index in [4.69, 9.17) is 1.37 Å². The van der Waals surface area contributed by atoms with Crippen molar-refractivity contribution in [3.63, 3.8) is 0 Å². The lowest BCUT2D eigenvalue weighted by Gasteiger charge is -2.01. The lowest BCUT2D eigenvalue weighted by Crippen LogP contribution is -2.01. The second kappa shape index (κ2) is 3.15. The van der Waals surface area contributed by atoms with Crippen molar-refractivity contribution >= 4 is 0 Å². The molecule has 0 amide bonds. The third-order valence-electron chi connectivity index (χ3n) is 0.836. The van der Waals surface area contributed by atoms with Crippen LogP contribution in [-0.4, -0.2) is 6.61 Å². The zero-order valence-electron chi connectivity index (χ0n) is 5.97. The maximum Gasteiger partial charge on any atom is 0.387 e. The number of hydrogen-bond donors (Lipinski definition) is 0. The molecule has 10 heavy (non-hydrogen) atoms. The minimum atomic E-state index is -2.88. The molecule has 0 aliphatic heterocycles. The Hall–Kier alpha value is -1.12. The molecule has 0 N–H and O–H groups in total. The van der Waals surface area contributed by atoms with E-state index in [1.807, 2.05) is 0 Å². The summed E-state index contributed by atoms with van der Waals surface area (Å²) in [4.78, 5) is 0. The Morgan fingerprint density at radius 1 is 1.70 bits per heavy atom. The van der Waals surface area contributed by atoms with Crippen LogP contribution < -0.4 is 4.74 Å². The second-order valence-electron chi connectivity index (χ2n) is 1.53. The van der Waals surface area contributed by atoms with Gasteiger partial charge in [-0.15, -0.1) is 0 Å². The zero-order chi connectivity index (χ0) is 8.27. The SMILES string of the molecule is [2H]c1cc[c]cc1OC(F)F. The highest BCUT2D eigenvalue weighted by Gasteiger charge is 2.01. The van der Waals surface area contributed by atoms with Gasteiger partial charge in [-0.3, -0.25) is 0 Å². The fraction of sp³-hybridized carbons (Fsp3) is 0.143. The molecule has 0 heterocycles. The molecule has 1 rings (SSSR count). The molecule has 53 valence electrons. The van der Waals surface area contributed by atoms with Crippen molar-refractivity contribution in [3.8, 4) is 5.75 Å². The van der Waals surface area contributed by atoms with Gasteiger partial charge in [0.2, 0.25) is 0 Å². The van der Waals surface area contributed by atoms with Crippen molar-refractivity contribution in [2.24, 2.45) is 0 Å². The molecule has 1 radical (unpaired) electrons. The van der Waals surface area contributed by atoms with E-state index >= 15 is 0 Å². The fourth-order valence-electron chi connectivity index (χ4n) is 0.501. The van der Waals surface area contributed by atoms with Gasteiger partial charge in [0.25, 0.3) is 0 Å². The first-order valence-electron chi connectivity index (χ1n) is 3.11. The summed E-state index contributed by atoms with van der Waals surface area (Å²) in [7, 11) is 0. The van der Waals surface area contributed by atoms with Crippen molar-refractivity contribution in [2.45, 2.75) is 6.61 Å². The van der Waals surface area contributed by atoms with E-state index < -0.39 is 6.61 Å². The average molecular weight is 144 g/mol. The summed E-state index contributed by atoms with van der Waals surface area (Å²) in [6, 6.07) is 6.46. The van der Waals surface area contributed by atoms with E-state index in [9.17, 15) is 8.78 Å². The van der Waals surface area contributed by atoms with Crippen molar-refractivity contribution in [2.75, 3.05) is 0 Å². The molecule has 0 spiro atoms. The summed E-state index contributed by atoms with van der Waals surface area (Å²) in [5, 5.41) is 0. The summed E-state index contributed by atoms with van der Waals surface area (Å²) in [5.74, 6) is -0.150. The second-order valence-corrected chi connectivity index (χ2v) is 1.53. The summed E-state index contributed by atoms with van der Waals surface area (Å²) >= 11 is 0. The topological polar surface area (TPSA) is 9.23 Å². The first-order valence-corrected chi connectivity index (χ1v) is 2.61. The first-order chi connectivity index (χ1) is 5.20. The van der Waals surface area contributed by atoms with Crippen LogP contribution in [0.5, 0.6) is 5.75 Å². The summed E-state index contributed by atoms with van der Waals surface area (Å²) in [6.45, 7) is -2.88. The van der Waals surface area contributed by atoms with E-state index in [0.29, 0.717) is 0 Å². The van der Waals surface area contributed by atoms with Gasteiger partial charge in [-0.25, -0.2) is 0 Å². The summed E-state index contributed by atoms with van der Waals surface area (Å²) < 4.78 is 34.2. The van der Waals surface area contributed by atoms with Crippen LogP contribution in [0.15, 0.2) is 24.2 Å². The van der Waals surface area contributed by atoms with Crippen LogP contribution >= 0.6 is 0 Å². The van der Waals surface area contributed by atoms with Crippen LogP contribution in [-0.2, 0) is 0 Å². The third kappa shape index (κ3) is 2.01. The molecule has 3 heteroatoms. The molecule has 1 nitrogen and oxygen atoms in total. The molecule has 0 saturated carbocycles. The molecule has 0 unspecified atom stereocenters. The van der Waals surface area contributed by atoms with Gasteiger partial charge in [-0.05, 0) is 18.2 Å². The van der Waals surface area contributed by atoms with Crippen LogP contribution in [0.4, 0.5) is 8.78 Å². The molecule has 0 aliphatic rings. The largest absolute Gasteiger partial charge is 0.435 e. The van der Waals surface area contributed by atoms with Crippen LogP contribution in [0, 0.1) is 6.07 Å². The number of rotatable bonds is 2. The predicted molar refractivity (Wildman–Crippen MR) is 31.9 cm³/mol. The Kier molecular flexibility index (Phi) is 1.78. The number of benzene rings is 1. The molecule has 1 aromatic rings. The molecule has 0 atom stereocenters. The normalized spacial score (nSPS) is 11.3. The van der Waals surface area contributed by atoms with Crippen molar-refractivity contribution < 1.29 is 14.9 Å². The molecule has 0 bridgehead atoms. The van der Waals surface area contributed by atoms with Gasteiger partial charge in [-0.2, -0.15) is 8.78 Å². The van der Waals surface area contributed by atoms with Crippen LogP contribution in [0.25, 0.3) is 0 Å². The smallest absolute Gasteiger partial charge is 0.387 e. The van der Waals surface area contributed by atoms with Gasteiger partial charge in [0, 0.05) is 0 Å². The maximum atomic E-state index is 11.6. The number of halogens is 2. The Morgan fingerprint density at radius 3 is 3.10 bits per heavy atom. The van der Waals surface area contributed by atoms with Gasteiger partial charge in [0.1, 0.15) is 5.75 Å². The van der Waals surface area contributed by atoms with Gasteiger partial charge >= 0.3 is 6.61 Å². The number of hydrogen-bond acceptors (Lipinski definition) is 1. The quantitative estimate of drug-likeness (QED) is 0.617. The maximum absolute atomic E-state index is 11.6. The lowest BCUT2D eigenvalue weighted by atomic mass is 10.3. The summed E-state index contributed by atoms with van der Waals surface area (Å²) in [6.07, 6.45) is 0. The van der Waals surface area contributed by atoms with E-state index in [-0.39, 0.29) is 11.8 Å². The molecular weight excluding hydrogens is 138 g/mol. The van der Waals surface area contributed by atoms with Gasteiger partial charge in [-0.1, -0.05) is 12.1 Å². The highest BCUT2D eigenvalue weighted by molar-refractivity contribution is 5.19. The summed E-state index contributed by atoms with van der Waals surface area (Å²) in [5.41, 5.74) is 0. The zero-order valence-corrected chi connectivity index (χ0v) is 4.97. The lowest BCUT2D eigenvalue weighted by molar-refractivity contribution is -0.0498. The van der Waals surface area contributed by atoms with Gasteiger partial charge in [0.05, 0.1) is 1.37 Å². The van der Waals surface area contributed by atoms with Crippen LogP contribution in [0.2, 0.25) is 0 Å². The molecule has 0 fully saturated rings. The van der Waals surface area contributed by atoms with Crippen molar-refractivity contribution in [3.05, 3.63) is 30.3 Å². The highest BCUT2D eigenvalue weighted by atomic mass is 19.3. The highest BCUT2D eigenvalue weighted by Crippen LogP contribution is 2.10. The van der Waals surface area contributed by atoms with Crippen molar-refractivity contribution in [1.82, 2.24) is 0 Å². The molecule has 1 aromatic carbocycles. The molecule has 0 aromatic heterocycles.